The molecule has 1 amide bonds. The molecule has 1 aromatic rings. The molecular formula is C13H17NO4. The summed E-state index contributed by atoms with van der Waals surface area (Å²) >= 11 is 0. The van der Waals surface area contributed by atoms with Gasteiger partial charge in [-0.15, -0.1) is 0 Å². The predicted molar refractivity (Wildman–Crippen MR) is 67.0 cm³/mol. The van der Waals surface area contributed by atoms with Gasteiger partial charge in [-0.05, 0) is 31.5 Å². The van der Waals surface area contributed by atoms with Crippen molar-refractivity contribution in [3.63, 3.8) is 0 Å². The number of carbonyl (C=O) groups is 2. The number of carbonyl (C=O) groups excluding carboxylic acids is 1. The van der Waals surface area contributed by atoms with E-state index >= 15 is 0 Å². The Balaban J connectivity index is 2.92. The van der Waals surface area contributed by atoms with Crippen LogP contribution in [0.2, 0.25) is 0 Å². The number of hydrogen-bond acceptors (Lipinski definition) is 3. The summed E-state index contributed by atoms with van der Waals surface area (Å²) in [5, 5.41) is 11.7. The van der Waals surface area contributed by atoms with Gasteiger partial charge in [0.05, 0.1) is 13.0 Å². The lowest BCUT2D eigenvalue weighted by atomic mass is 10.1. The number of nitrogens with one attached hydrogen (secondary N) is 1. The van der Waals surface area contributed by atoms with Crippen molar-refractivity contribution in [2.45, 2.75) is 20.3 Å². The Morgan fingerprint density at radius 2 is 2.06 bits per heavy atom. The normalized spacial score (nSPS) is 9.89. The largest absolute Gasteiger partial charge is 0.493 e. The number of hydrogen-bond donors (Lipinski definition) is 2. The van der Waals surface area contributed by atoms with E-state index < -0.39 is 5.97 Å². The molecule has 0 aromatic heterocycles. The minimum absolute atomic E-state index is 0.0944. The first-order valence-corrected chi connectivity index (χ1v) is 5.84. The number of carboxylic acid groups (broad SMARTS) is 1. The fourth-order valence-corrected chi connectivity index (χ4v) is 1.57. The number of ether oxygens (including phenoxy) is 1. The second-order valence-corrected chi connectivity index (χ2v) is 3.70. The maximum atomic E-state index is 11.4. The van der Waals surface area contributed by atoms with Crippen LogP contribution in [0.25, 0.3) is 0 Å². The molecule has 0 aliphatic heterocycles. The van der Waals surface area contributed by atoms with E-state index in [-0.39, 0.29) is 17.9 Å². The first kappa shape index (κ1) is 14.0. The Morgan fingerprint density at radius 3 is 2.61 bits per heavy atom. The molecular weight excluding hydrogens is 234 g/mol. The number of carboxylic acids is 1. The lowest BCUT2D eigenvalue weighted by Gasteiger charge is -2.09. The molecule has 98 valence electrons. The van der Waals surface area contributed by atoms with Gasteiger partial charge >= 0.3 is 5.97 Å². The van der Waals surface area contributed by atoms with E-state index in [4.69, 9.17) is 9.84 Å². The molecule has 0 aliphatic carbocycles. The molecule has 5 heteroatoms. The molecule has 2 N–H and O–H groups in total. The summed E-state index contributed by atoms with van der Waals surface area (Å²) in [4.78, 5) is 22.4. The fourth-order valence-electron chi connectivity index (χ4n) is 1.57. The molecule has 0 aliphatic rings. The van der Waals surface area contributed by atoms with Crippen LogP contribution in [0.3, 0.4) is 0 Å². The quantitative estimate of drug-likeness (QED) is 0.802. The van der Waals surface area contributed by atoms with Crippen LogP contribution < -0.4 is 10.1 Å². The highest BCUT2D eigenvalue weighted by molar-refractivity contribution is 5.91. The minimum Gasteiger partial charge on any atom is -0.493 e. The molecule has 0 bridgehead atoms. The van der Waals surface area contributed by atoms with E-state index in [1.807, 2.05) is 6.92 Å². The highest BCUT2D eigenvalue weighted by Gasteiger charge is 2.12. The Morgan fingerprint density at radius 1 is 1.33 bits per heavy atom. The van der Waals surface area contributed by atoms with Gasteiger partial charge in [-0.3, -0.25) is 4.79 Å². The summed E-state index contributed by atoms with van der Waals surface area (Å²) in [6, 6.07) is 4.69. The number of amides is 1. The summed E-state index contributed by atoms with van der Waals surface area (Å²) in [6.07, 6.45) is 0.216. The van der Waals surface area contributed by atoms with Crippen LogP contribution in [0.1, 0.15) is 29.8 Å². The lowest BCUT2D eigenvalue weighted by molar-refractivity contribution is -0.120. The zero-order valence-corrected chi connectivity index (χ0v) is 10.5. The summed E-state index contributed by atoms with van der Waals surface area (Å²) < 4.78 is 5.27. The number of rotatable bonds is 6. The average molecular weight is 251 g/mol. The van der Waals surface area contributed by atoms with Gasteiger partial charge in [-0.1, -0.05) is 6.07 Å². The topological polar surface area (TPSA) is 75.6 Å². The van der Waals surface area contributed by atoms with E-state index in [0.29, 0.717) is 18.9 Å². The van der Waals surface area contributed by atoms with Crippen molar-refractivity contribution in [2.75, 3.05) is 13.2 Å². The second kappa shape index (κ2) is 6.64. The molecule has 0 saturated heterocycles. The lowest BCUT2D eigenvalue weighted by Crippen LogP contribution is -2.24. The second-order valence-electron chi connectivity index (χ2n) is 3.70. The van der Waals surface area contributed by atoms with Crippen LogP contribution in [0, 0.1) is 0 Å². The van der Waals surface area contributed by atoms with Crippen molar-refractivity contribution >= 4 is 11.9 Å². The zero-order valence-electron chi connectivity index (χ0n) is 10.5. The summed E-state index contributed by atoms with van der Waals surface area (Å²) in [5.41, 5.74) is 0.839. The van der Waals surface area contributed by atoms with Crippen LogP contribution in [-0.4, -0.2) is 30.1 Å². The summed E-state index contributed by atoms with van der Waals surface area (Å²) in [6.45, 7) is 4.58. The molecule has 0 saturated carbocycles. The average Bonchev–Trinajstić information content (AvgIpc) is 2.29. The van der Waals surface area contributed by atoms with E-state index in [0.717, 1.165) is 5.56 Å². The van der Waals surface area contributed by atoms with Crippen LogP contribution in [0.5, 0.6) is 5.75 Å². The highest BCUT2D eigenvalue weighted by Crippen LogP contribution is 2.21. The van der Waals surface area contributed by atoms with Crippen LogP contribution in [-0.2, 0) is 11.2 Å². The van der Waals surface area contributed by atoms with E-state index in [9.17, 15) is 9.59 Å². The van der Waals surface area contributed by atoms with E-state index in [1.54, 1.807) is 19.1 Å². The maximum absolute atomic E-state index is 11.4. The molecule has 0 fully saturated rings. The van der Waals surface area contributed by atoms with Gasteiger partial charge in [0.1, 0.15) is 11.3 Å². The third kappa shape index (κ3) is 3.76. The van der Waals surface area contributed by atoms with Gasteiger partial charge < -0.3 is 15.2 Å². The van der Waals surface area contributed by atoms with Gasteiger partial charge in [-0.25, -0.2) is 4.79 Å². The SMILES string of the molecule is CCNC(=O)Cc1ccc(C(=O)O)c(OCC)c1. The number of benzene rings is 1. The van der Waals surface area contributed by atoms with Gasteiger partial charge in [-0.2, -0.15) is 0 Å². The number of aromatic carboxylic acids is 1. The Hall–Kier alpha value is -2.04. The van der Waals surface area contributed by atoms with Crippen molar-refractivity contribution in [1.82, 2.24) is 5.32 Å². The molecule has 5 nitrogen and oxygen atoms in total. The van der Waals surface area contributed by atoms with Crippen molar-refractivity contribution in [3.8, 4) is 5.75 Å². The molecule has 0 radical (unpaired) electrons. The minimum atomic E-state index is -1.04. The first-order valence-electron chi connectivity index (χ1n) is 5.84. The third-order valence-corrected chi connectivity index (χ3v) is 2.31. The van der Waals surface area contributed by atoms with Crippen molar-refractivity contribution in [2.24, 2.45) is 0 Å². The predicted octanol–water partition coefficient (Wildman–Crippen LogP) is 1.46. The van der Waals surface area contributed by atoms with Crippen LogP contribution >= 0.6 is 0 Å². The van der Waals surface area contributed by atoms with E-state index in [2.05, 4.69) is 5.32 Å². The highest BCUT2D eigenvalue weighted by atomic mass is 16.5. The smallest absolute Gasteiger partial charge is 0.339 e. The molecule has 0 unspecified atom stereocenters. The summed E-state index contributed by atoms with van der Waals surface area (Å²) in [7, 11) is 0. The van der Waals surface area contributed by atoms with Crippen molar-refractivity contribution in [1.29, 1.82) is 0 Å². The van der Waals surface area contributed by atoms with Gasteiger partial charge in [0.15, 0.2) is 0 Å². The van der Waals surface area contributed by atoms with Crippen molar-refractivity contribution < 1.29 is 19.4 Å². The molecule has 0 atom stereocenters. The maximum Gasteiger partial charge on any atom is 0.339 e. The van der Waals surface area contributed by atoms with Gasteiger partial charge in [0.2, 0.25) is 5.91 Å². The Bertz CT molecular complexity index is 443. The Labute approximate surface area is 106 Å². The third-order valence-electron chi connectivity index (χ3n) is 2.31. The molecule has 0 heterocycles. The Kier molecular flexibility index (Phi) is 5.17. The van der Waals surface area contributed by atoms with Crippen LogP contribution in [0.4, 0.5) is 0 Å². The van der Waals surface area contributed by atoms with E-state index in [1.165, 1.54) is 6.07 Å². The molecule has 1 aromatic carbocycles. The monoisotopic (exact) mass is 251 g/mol. The van der Waals surface area contributed by atoms with Gasteiger partial charge in [0.25, 0.3) is 0 Å². The molecule has 0 spiro atoms. The summed E-state index contributed by atoms with van der Waals surface area (Å²) in [5.74, 6) is -0.835. The molecule has 18 heavy (non-hydrogen) atoms. The fraction of sp³-hybridized carbons (Fsp3) is 0.385. The standard InChI is InChI=1S/C13H17NO4/c1-3-14-12(15)8-9-5-6-10(13(16)17)11(7-9)18-4-2/h5-7H,3-4,8H2,1-2H3,(H,14,15)(H,16,17). The van der Waals surface area contributed by atoms with Crippen LogP contribution in [0.15, 0.2) is 18.2 Å². The number of likely N-dealkylation sites (N-methyl/N-ethyl adjacent to an activating group) is 1. The molecule has 1 rings (SSSR count). The zero-order chi connectivity index (χ0) is 13.5. The first-order chi connectivity index (χ1) is 8.58. The van der Waals surface area contributed by atoms with Gasteiger partial charge in [0, 0.05) is 6.54 Å². The van der Waals surface area contributed by atoms with Crippen molar-refractivity contribution in [3.05, 3.63) is 29.3 Å².